The van der Waals surface area contributed by atoms with Gasteiger partial charge in [0.25, 0.3) is 0 Å². The minimum Gasteiger partial charge on any atom is -0.490 e. The fraction of sp³-hybridized carbons (Fsp3) is 0.267. The first-order chi connectivity index (χ1) is 18.3. The Bertz CT molecular complexity index is 1410. The molecule has 0 aliphatic carbocycles. The number of nitriles is 1. The molecule has 0 bridgehead atoms. The summed E-state index contributed by atoms with van der Waals surface area (Å²) in [5.74, 6) is 1.25. The average Bonchev–Trinajstić information content (AvgIpc) is 2.88. The second-order valence-corrected chi connectivity index (χ2v) is 9.57. The van der Waals surface area contributed by atoms with E-state index >= 15 is 0 Å². The quantitative estimate of drug-likeness (QED) is 0.244. The minimum absolute atomic E-state index is 0.0187. The molecule has 38 heavy (non-hydrogen) atoms. The maximum Gasteiger partial charge on any atom is 0.345 e. The van der Waals surface area contributed by atoms with E-state index in [1.165, 1.54) is 0 Å². The van der Waals surface area contributed by atoms with E-state index in [1.807, 2.05) is 25.1 Å². The van der Waals surface area contributed by atoms with Crippen molar-refractivity contribution in [1.29, 1.82) is 5.26 Å². The maximum atomic E-state index is 12.6. The number of ether oxygens (including phenoxy) is 4. The van der Waals surface area contributed by atoms with Gasteiger partial charge in [0.15, 0.2) is 11.5 Å². The summed E-state index contributed by atoms with van der Waals surface area (Å²) in [5, 5.41) is 10.2. The third-order valence-corrected chi connectivity index (χ3v) is 6.38. The van der Waals surface area contributed by atoms with E-state index in [1.54, 1.807) is 42.5 Å². The summed E-state index contributed by atoms with van der Waals surface area (Å²) in [6.07, 6.45) is 0.919. The number of fused-ring (bicyclic) bond motifs is 1. The van der Waals surface area contributed by atoms with Crippen LogP contribution in [0, 0.1) is 17.2 Å². The summed E-state index contributed by atoms with van der Waals surface area (Å²) in [5.41, 5.74) is 8.17. The maximum absolute atomic E-state index is 12.6. The molecule has 3 aromatic carbocycles. The minimum atomic E-state index is -0.599. The summed E-state index contributed by atoms with van der Waals surface area (Å²) < 4.78 is 23.2. The Morgan fingerprint density at radius 1 is 1.11 bits per heavy atom. The topological polar surface area (TPSA) is 104 Å². The molecule has 1 aliphatic rings. The zero-order valence-electron chi connectivity index (χ0n) is 21.5. The average molecular weight is 533 g/mol. The molecular weight excluding hydrogens is 504 g/mol. The van der Waals surface area contributed by atoms with Crippen LogP contribution in [-0.2, 0) is 0 Å². The van der Waals surface area contributed by atoms with Crippen LogP contribution >= 0.6 is 11.6 Å². The van der Waals surface area contributed by atoms with E-state index in [2.05, 4.69) is 19.9 Å². The zero-order chi connectivity index (χ0) is 27.2. The van der Waals surface area contributed by atoms with Crippen molar-refractivity contribution < 1.29 is 23.7 Å². The normalized spacial score (nSPS) is 14.4. The van der Waals surface area contributed by atoms with Gasteiger partial charge in [-0.05, 0) is 55.2 Å². The van der Waals surface area contributed by atoms with Gasteiger partial charge in [0.05, 0.1) is 29.7 Å². The molecule has 0 amide bonds. The second-order valence-electron chi connectivity index (χ2n) is 9.16. The van der Waals surface area contributed by atoms with Crippen LogP contribution in [0.25, 0.3) is 0 Å². The Labute approximate surface area is 227 Å². The van der Waals surface area contributed by atoms with E-state index in [0.717, 1.165) is 12.0 Å². The molecule has 1 heterocycles. The van der Waals surface area contributed by atoms with Crippen LogP contribution in [0.15, 0.2) is 72.1 Å². The molecule has 1 unspecified atom stereocenters. The fourth-order valence-electron chi connectivity index (χ4n) is 4.13. The Hall–Kier alpha value is -4.15. The predicted molar refractivity (Wildman–Crippen MR) is 145 cm³/mol. The highest BCUT2D eigenvalue weighted by Gasteiger charge is 2.32. The molecule has 0 fully saturated rings. The van der Waals surface area contributed by atoms with Gasteiger partial charge in [-0.25, -0.2) is 4.79 Å². The van der Waals surface area contributed by atoms with Crippen molar-refractivity contribution in [2.24, 2.45) is 11.7 Å². The van der Waals surface area contributed by atoms with E-state index < -0.39 is 11.9 Å². The van der Waals surface area contributed by atoms with Gasteiger partial charge in [-0.3, -0.25) is 0 Å². The first kappa shape index (κ1) is 26.9. The molecule has 0 radical (unpaired) electrons. The Balaban J connectivity index is 1.67. The van der Waals surface area contributed by atoms with Crippen molar-refractivity contribution in [1.82, 2.24) is 0 Å². The van der Waals surface area contributed by atoms with Gasteiger partial charge in [-0.2, -0.15) is 5.26 Å². The van der Waals surface area contributed by atoms with Crippen LogP contribution in [0.5, 0.6) is 23.0 Å². The number of nitrogens with two attached hydrogens (primary N) is 1. The Morgan fingerprint density at radius 2 is 1.89 bits per heavy atom. The number of allylic oxidation sites excluding steroid dienone is 1. The van der Waals surface area contributed by atoms with Crippen LogP contribution < -0.4 is 24.7 Å². The summed E-state index contributed by atoms with van der Waals surface area (Å²) in [6.45, 7) is 7.21. The number of hydrogen-bond donors (Lipinski definition) is 1. The lowest BCUT2D eigenvalue weighted by molar-refractivity contribution is 0.0734. The van der Waals surface area contributed by atoms with E-state index in [-0.39, 0.29) is 22.8 Å². The molecule has 4 rings (SSSR count). The van der Waals surface area contributed by atoms with Crippen molar-refractivity contribution in [3.8, 4) is 29.1 Å². The third kappa shape index (κ3) is 5.87. The molecule has 196 valence electrons. The summed E-state index contributed by atoms with van der Waals surface area (Å²) in [6, 6.07) is 19.4. The highest BCUT2D eigenvalue weighted by molar-refractivity contribution is 6.33. The van der Waals surface area contributed by atoms with Gasteiger partial charge in [-0.1, -0.05) is 49.7 Å². The fourth-order valence-corrected chi connectivity index (χ4v) is 4.34. The predicted octanol–water partition coefficient (Wildman–Crippen LogP) is 6.60. The van der Waals surface area contributed by atoms with Crippen LogP contribution in [0.3, 0.4) is 0 Å². The summed E-state index contributed by atoms with van der Waals surface area (Å²) in [4.78, 5) is 12.6. The number of halogens is 1. The number of hydrogen-bond acceptors (Lipinski definition) is 7. The van der Waals surface area contributed by atoms with Crippen LogP contribution in [-0.4, -0.2) is 19.2 Å². The SMILES string of the molecule is CCOc1cc(C2C(C#N)=C(N)Oc3cc(OC(=O)c4ccccc4Cl)ccc32)ccc1OCCC(C)C. The second kappa shape index (κ2) is 11.9. The number of carbonyl (C=O) groups is 1. The molecule has 8 heteroatoms. The number of nitrogens with zero attached hydrogens (tertiary/aromatic N) is 1. The molecule has 3 aromatic rings. The van der Waals surface area contributed by atoms with Crippen LogP contribution in [0.4, 0.5) is 0 Å². The Morgan fingerprint density at radius 3 is 2.61 bits per heavy atom. The van der Waals surface area contributed by atoms with Gasteiger partial charge in [0.2, 0.25) is 5.88 Å². The lowest BCUT2D eigenvalue weighted by Gasteiger charge is -2.27. The standard InChI is InChI=1S/C30H29ClN2O5/c1-4-35-27-15-19(9-12-25(27)36-14-13-18(2)3)28-22-11-10-20(16-26(22)38-29(33)23(28)17-32)37-30(34)21-7-5-6-8-24(21)31/h5-12,15-16,18,28H,4,13-14,33H2,1-3H3. The highest BCUT2D eigenvalue weighted by atomic mass is 35.5. The number of rotatable bonds is 9. The van der Waals surface area contributed by atoms with Gasteiger partial charge >= 0.3 is 5.97 Å². The highest BCUT2D eigenvalue weighted by Crippen LogP contribution is 2.45. The largest absolute Gasteiger partial charge is 0.490 e. The van der Waals surface area contributed by atoms with Gasteiger partial charge in [0.1, 0.15) is 23.1 Å². The molecule has 0 saturated carbocycles. The lowest BCUT2D eigenvalue weighted by atomic mass is 9.83. The third-order valence-electron chi connectivity index (χ3n) is 6.05. The molecule has 2 N–H and O–H groups in total. The van der Waals surface area contributed by atoms with Crippen molar-refractivity contribution in [2.75, 3.05) is 13.2 Å². The molecule has 7 nitrogen and oxygen atoms in total. The molecule has 1 aliphatic heterocycles. The summed E-state index contributed by atoms with van der Waals surface area (Å²) in [7, 11) is 0. The molecular formula is C30H29ClN2O5. The van der Waals surface area contributed by atoms with Gasteiger partial charge in [-0.15, -0.1) is 0 Å². The Kier molecular flexibility index (Phi) is 8.45. The van der Waals surface area contributed by atoms with Crippen molar-refractivity contribution in [3.05, 3.63) is 93.8 Å². The zero-order valence-corrected chi connectivity index (χ0v) is 22.2. The van der Waals surface area contributed by atoms with Gasteiger partial charge < -0.3 is 24.7 Å². The number of esters is 1. The van der Waals surface area contributed by atoms with Crippen LogP contribution in [0.1, 0.15) is 54.6 Å². The van der Waals surface area contributed by atoms with E-state index in [0.29, 0.717) is 47.0 Å². The first-order valence-corrected chi connectivity index (χ1v) is 12.8. The smallest absolute Gasteiger partial charge is 0.345 e. The monoisotopic (exact) mass is 532 g/mol. The molecule has 1 atom stereocenters. The van der Waals surface area contributed by atoms with Crippen LogP contribution in [0.2, 0.25) is 5.02 Å². The first-order valence-electron chi connectivity index (χ1n) is 12.4. The molecule has 0 aromatic heterocycles. The summed E-state index contributed by atoms with van der Waals surface area (Å²) >= 11 is 6.13. The van der Waals surface area contributed by atoms with Crippen molar-refractivity contribution >= 4 is 17.6 Å². The molecule has 0 saturated heterocycles. The van der Waals surface area contributed by atoms with E-state index in [4.69, 9.17) is 36.3 Å². The van der Waals surface area contributed by atoms with Gasteiger partial charge in [0, 0.05) is 11.6 Å². The molecule has 0 spiro atoms. The number of benzene rings is 3. The number of carbonyl (C=O) groups excluding carboxylic acids is 1. The van der Waals surface area contributed by atoms with Crippen molar-refractivity contribution in [2.45, 2.75) is 33.1 Å². The van der Waals surface area contributed by atoms with Crippen molar-refractivity contribution in [3.63, 3.8) is 0 Å². The lowest BCUT2D eigenvalue weighted by Crippen LogP contribution is -2.21. The van der Waals surface area contributed by atoms with E-state index in [9.17, 15) is 10.1 Å².